The Kier molecular flexibility index (Phi) is 7.84. The number of aryl methyl sites for hydroxylation is 1. The first-order valence-electron chi connectivity index (χ1n) is 9.04. The fraction of sp³-hybridized carbons (Fsp3) is 0.182. The van der Waals surface area contributed by atoms with E-state index in [0.29, 0.717) is 18.1 Å². The number of rotatable bonds is 8. The number of halogens is 3. The summed E-state index contributed by atoms with van der Waals surface area (Å²) in [5, 5.41) is 5.08. The number of benzene rings is 2. The third-order valence-corrected chi connectivity index (χ3v) is 4.03. The summed E-state index contributed by atoms with van der Waals surface area (Å²) in [5.41, 5.74) is -0.431. The highest BCUT2D eigenvalue weighted by Crippen LogP contribution is 2.37. The van der Waals surface area contributed by atoms with E-state index in [4.69, 9.17) is 9.47 Å². The summed E-state index contributed by atoms with van der Waals surface area (Å²) in [5.74, 6) is -0.429. The third kappa shape index (κ3) is 6.36. The Morgan fingerprint density at radius 1 is 1.06 bits per heavy atom. The number of hydrogen-bond acceptors (Lipinski definition) is 5. The van der Waals surface area contributed by atoms with Crippen molar-refractivity contribution in [3.8, 4) is 17.2 Å². The molecule has 0 spiro atoms. The zero-order valence-electron chi connectivity index (χ0n) is 17.0. The van der Waals surface area contributed by atoms with E-state index < -0.39 is 17.6 Å². The Morgan fingerprint density at radius 2 is 1.77 bits per heavy atom. The lowest BCUT2D eigenvalue weighted by molar-refractivity contribution is -0.137. The average molecular weight is 434 g/mol. The highest BCUT2D eigenvalue weighted by Gasteiger charge is 2.32. The Labute approximate surface area is 177 Å². The van der Waals surface area contributed by atoms with Crippen molar-refractivity contribution in [2.45, 2.75) is 13.1 Å². The van der Waals surface area contributed by atoms with Gasteiger partial charge in [-0.3, -0.25) is 9.59 Å². The van der Waals surface area contributed by atoms with Gasteiger partial charge >= 0.3 is 6.18 Å². The summed E-state index contributed by atoms with van der Waals surface area (Å²) in [4.78, 5) is 23.6. The molecule has 0 saturated heterocycles. The van der Waals surface area contributed by atoms with E-state index in [9.17, 15) is 22.8 Å². The van der Waals surface area contributed by atoms with Crippen molar-refractivity contribution in [3.63, 3.8) is 0 Å². The van der Waals surface area contributed by atoms with Gasteiger partial charge in [0, 0.05) is 18.8 Å². The van der Waals surface area contributed by atoms with Crippen molar-refractivity contribution in [1.29, 1.82) is 0 Å². The predicted octanol–water partition coefficient (Wildman–Crippen LogP) is 4.36. The first kappa shape index (κ1) is 23.5. The fourth-order valence-corrected chi connectivity index (χ4v) is 2.53. The number of carbonyl (C=O) groups is 2. The summed E-state index contributed by atoms with van der Waals surface area (Å²) in [6.07, 6.45) is -0.346. The number of ether oxygens (including phenoxy) is 2. The minimum absolute atomic E-state index is 0.0747. The van der Waals surface area contributed by atoms with Crippen LogP contribution in [0.25, 0.3) is 0 Å². The van der Waals surface area contributed by atoms with Crippen molar-refractivity contribution in [3.05, 3.63) is 77.1 Å². The molecule has 9 heteroatoms. The molecule has 2 aromatic carbocycles. The first-order chi connectivity index (χ1) is 14.7. The van der Waals surface area contributed by atoms with Gasteiger partial charge in [-0.2, -0.15) is 13.2 Å². The summed E-state index contributed by atoms with van der Waals surface area (Å²) >= 11 is 0. The molecule has 1 amide bonds. The van der Waals surface area contributed by atoms with E-state index in [0.717, 1.165) is 23.8 Å². The molecule has 0 aliphatic heterocycles. The number of allylic oxidation sites excluding steroid dienone is 2. The number of alkyl halides is 3. The predicted molar refractivity (Wildman–Crippen MR) is 109 cm³/mol. The fourth-order valence-electron chi connectivity index (χ4n) is 2.53. The van der Waals surface area contributed by atoms with Gasteiger partial charge in [-0.1, -0.05) is 6.07 Å². The number of carbonyl (C=O) groups excluding carboxylic acids is 2. The molecule has 0 saturated carbocycles. The Bertz CT molecular complexity index is 1010. The maximum Gasteiger partial charge on any atom is 0.416 e. The van der Waals surface area contributed by atoms with Gasteiger partial charge in [-0.05, 0) is 55.1 Å². The van der Waals surface area contributed by atoms with Crippen molar-refractivity contribution in [1.82, 2.24) is 10.6 Å². The van der Waals surface area contributed by atoms with Gasteiger partial charge in [-0.25, -0.2) is 0 Å². The minimum Gasteiger partial charge on any atom is -0.493 e. The van der Waals surface area contributed by atoms with Crippen LogP contribution in [0.4, 0.5) is 13.2 Å². The average Bonchev–Trinajstić information content (AvgIpc) is 2.72. The van der Waals surface area contributed by atoms with Gasteiger partial charge in [0.1, 0.15) is 12.0 Å². The van der Waals surface area contributed by atoms with Crippen molar-refractivity contribution >= 4 is 12.2 Å². The monoisotopic (exact) mass is 434 g/mol. The number of hydrogen-bond donors (Lipinski definition) is 2. The molecular formula is C22H21F3N2O4. The second-order valence-electron chi connectivity index (χ2n) is 6.30. The molecule has 0 aromatic heterocycles. The summed E-state index contributed by atoms with van der Waals surface area (Å²) < 4.78 is 50.7. The molecule has 164 valence electrons. The number of methoxy groups -OCH3 is 1. The molecule has 0 fully saturated rings. The standard InChI is InChI=1S/C22H21F3N2O4/c1-14-4-6-19(20(12-14)30-3)31-18-7-5-15(22(23,24)25)13-17(18)21(29)27-16(9-11-28)8-10-26-2/h4-13,26H,1-3H3,(H,27,29)/b10-8-,16-9+. The number of aldehydes is 1. The number of amides is 1. The van der Waals surface area contributed by atoms with E-state index in [1.54, 1.807) is 25.2 Å². The molecule has 2 aromatic rings. The van der Waals surface area contributed by atoms with E-state index in [2.05, 4.69) is 10.6 Å². The first-order valence-corrected chi connectivity index (χ1v) is 9.04. The normalized spacial score (nSPS) is 11.9. The smallest absolute Gasteiger partial charge is 0.416 e. The largest absolute Gasteiger partial charge is 0.493 e. The van der Waals surface area contributed by atoms with E-state index in [-0.39, 0.29) is 22.8 Å². The van der Waals surface area contributed by atoms with Crippen molar-refractivity contribution in [2.24, 2.45) is 0 Å². The van der Waals surface area contributed by atoms with Crippen LogP contribution in [0.3, 0.4) is 0 Å². The SMILES string of the molecule is CN/C=C\C(=C/C=O)NC(=O)c1cc(C(F)(F)F)ccc1Oc1ccc(C)cc1OC. The van der Waals surface area contributed by atoms with Gasteiger partial charge in [-0.15, -0.1) is 0 Å². The Hall–Kier alpha value is -3.75. The molecule has 2 N–H and O–H groups in total. The Morgan fingerprint density at radius 3 is 2.39 bits per heavy atom. The van der Waals surface area contributed by atoms with Crippen molar-refractivity contribution in [2.75, 3.05) is 14.2 Å². The van der Waals surface area contributed by atoms with Crippen LogP contribution < -0.4 is 20.1 Å². The van der Waals surface area contributed by atoms with Gasteiger partial charge in [0.05, 0.1) is 18.2 Å². The maximum atomic E-state index is 13.2. The Balaban J connectivity index is 2.50. The van der Waals surface area contributed by atoms with E-state index in [1.807, 2.05) is 6.92 Å². The molecular weight excluding hydrogens is 413 g/mol. The molecule has 0 atom stereocenters. The molecule has 0 aliphatic carbocycles. The van der Waals surface area contributed by atoms with Crippen LogP contribution in [0.1, 0.15) is 21.5 Å². The molecule has 6 nitrogen and oxygen atoms in total. The van der Waals surface area contributed by atoms with Crippen LogP contribution in [0.5, 0.6) is 17.2 Å². The molecule has 2 rings (SSSR count). The minimum atomic E-state index is -4.66. The van der Waals surface area contributed by atoms with Gasteiger partial charge in [0.2, 0.25) is 0 Å². The highest BCUT2D eigenvalue weighted by atomic mass is 19.4. The zero-order chi connectivity index (χ0) is 23.0. The third-order valence-electron chi connectivity index (χ3n) is 4.03. The van der Waals surface area contributed by atoms with Crippen LogP contribution in [0.2, 0.25) is 0 Å². The summed E-state index contributed by atoms with van der Waals surface area (Å²) in [7, 11) is 3.02. The molecule has 0 unspecified atom stereocenters. The van der Waals surface area contributed by atoms with Crippen molar-refractivity contribution < 1.29 is 32.2 Å². The van der Waals surface area contributed by atoms with Crippen LogP contribution in [0, 0.1) is 6.92 Å². The molecule has 0 heterocycles. The lowest BCUT2D eigenvalue weighted by atomic mass is 10.1. The van der Waals surface area contributed by atoms with Gasteiger partial charge < -0.3 is 20.1 Å². The van der Waals surface area contributed by atoms with Gasteiger partial charge in [0.15, 0.2) is 11.5 Å². The summed E-state index contributed by atoms with van der Waals surface area (Å²) in [6.45, 7) is 1.84. The quantitative estimate of drug-likeness (QED) is 0.367. The molecule has 0 aliphatic rings. The lowest BCUT2D eigenvalue weighted by Gasteiger charge is -2.16. The molecule has 0 bridgehead atoms. The van der Waals surface area contributed by atoms with Gasteiger partial charge in [0.25, 0.3) is 5.91 Å². The maximum absolute atomic E-state index is 13.2. The molecule has 0 radical (unpaired) electrons. The second-order valence-corrected chi connectivity index (χ2v) is 6.30. The topological polar surface area (TPSA) is 76.7 Å². The second kappa shape index (κ2) is 10.3. The van der Waals surface area contributed by atoms with E-state index in [1.165, 1.54) is 19.4 Å². The van der Waals surface area contributed by atoms with Crippen LogP contribution >= 0.6 is 0 Å². The number of nitrogens with one attached hydrogen (secondary N) is 2. The van der Waals surface area contributed by atoms with Crippen LogP contribution in [-0.4, -0.2) is 26.4 Å². The van der Waals surface area contributed by atoms with E-state index >= 15 is 0 Å². The summed E-state index contributed by atoms with van der Waals surface area (Å²) in [6, 6.07) is 7.56. The highest BCUT2D eigenvalue weighted by molar-refractivity contribution is 5.98. The van der Waals surface area contributed by atoms with Crippen LogP contribution in [-0.2, 0) is 11.0 Å². The zero-order valence-corrected chi connectivity index (χ0v) is 17.0. The van der Waals surface area contributed by atoms with Crippen LogP contribution in [0.15, 0.2) is 60.4 Å². The lowest BCUT2D eigenvalue weighted by Crippen LogP contribution is -2.23. The molecule has 31 heavy (non-hydrogen) atoms.